The average Bonchev–Trinajstić information content (AvgIpc) is 3.20. The zero-order valence-corrected chi connectivity index (χ0v) is 18.8. The lowest BCUT2D eigenvalue weighted by Gasteiger charge is -2.08. The minimum Gasteiger partial charge on any atom is -0.462 e. The van der Waals surface area contributed by atoms with E-state index < -0.39 is 15.1 Å². The van der Waals surface area contributed by atoms with Crippen molar-refractivity contribution in [2.24, 2.45) is 0 Å². The van der Waals surface area contributed by atoms with E-state index in [1.165, 1.54) is 46.9 Å². The van der Waals surface area contributed by atoms with Crippen LogP contribution in [0.4, 0.5) is 5.13 Å². The fourth-order valence-electron chi connectivity index (χ4n) is 2.57. The fourth-order valence-corrected chi connectivity index (χ4v) is 5.84. The highest BCUT2D eigenvalue weighted by atomic mass is 32.2. The molecule has 7 nitrogen and oxygen atoms in total. The smallest absolute Gasteiger partial charge is 0.348 e. The van der Waals surface area contributed by atoms with Crippen molar-refractivity contribution in [2.45, 2.75) is 37.8 Å². The minimum absolute atomic E-state index is 0.181. The molecule has 0 spiro atoms. The van der Waals surface area contributed by atoms with E-state index in [0.717, 1.165) is 10.3 Å². The molecule has 0 aliphatic heterocycles. The number of hydrogen-bond acceptors (Lipinski definition) is 8. The molecule has 0 saturated carbocycles. The number of rotatable bonds is 6. The number of fused-ring (bicyclic) bond motifs is 1. The predicted octanol–water partition coefficient (Wildman–Crippen LogP) is 4.28. The quantitative estimate of drug-likeness (QED) is 0.560. The Morgan fingerprint density at radius 2 is 1.83 bits per heavy atom. The largest absolute Gasteiger partial charge is 0.462 e. The Hall–Kier alpha value is -2.30. The Morgan fingerprint density at radius 3 is 2.38 bits per heavy atom. The van der Waals surface area contributed by atoms with E-state index in [-0.39, 0.29) is 16.8 Å². The Balaban J connectivity index is 1.79. The number of benzene rings is 1. The zero-order valence-electron chi connectivity index (χ0n) is 16.3. The highest BCUT2D eigenvalue weighted by Crippen LogP contribution is 2.37. The molecule has 2 heterocycles. The molecule has 3 aromatic rings. The topological polar surface area (TPSA) is 102 Å². The number of aryl methyl sites for hydroxylation is 1. The minimum atomic E-state index is -3.39. The molecular weight excluding hydrogens is 432 g/mol. The fraction of sp³-hybridized carbons (Fsp3) is 0.316. The zero-order chi connectivity index (χ0) is 21.3. The van der Waals surface area contributed by atoms with Crippen molar-refractivity contribution in [1.82, 2.24) is 4.98 Å². The number of carbonyl (C=O) groups is 2. The molecule has 0 atom stereocenters. The van der Waals surface area contributed by atoms with Crippen molar-refractivity contribution >= 4 is 59.0 Å². The van der Waals surface area contributed by atoms with E-state index >= 15 is 0 Å². The molecule has 1 aromatic carbocycles. The van der Waals surface area contributed by atoms with Crippen LogP contribution in [-0.2, 0) is 14.6 Å². The molecule has 1 N–H and O–H groups in total. The van der Waals surface area contributed by atoms with Crippen LogP contribution in [0, 0.1) is 6.92 Å². The number of nitrogens with one attached hydrogen (secondary N) is 1. The van der Waals surface area contributed by atoms with E-state index in [4.69, 9.17) is 4.74 Å². The van der Waals surface area contributed by atoms with Crippen molar-refractivity contribution in [3.8, 4) is 0 Å². The Morgan fingerprint density at radius 1 is 1.17 bits per heavy atom. The second-order valence-corrected chi connectivity index (χ2v) is 11.0. The first kappa shape index (κ1) is 21.4. The van der Waals surface area contributed by atoms with Gasteiger partial charge in [-0.05, 0) is 57.5 Å². The molecule has 1 amide bonds. The highest BCUT2D eigenvalue weighted by molar-refractivity contribution is 7.92. The van der Waals surface area contributed by atoms with E-state index in [2.05, 4.69) is 10.3 Å². The summed E-state index contributed by atoms with van der Waals surface area (Å²) in [7, 11) is -3.39. The van der Waals surface area contributed by atoms with Gasteiger partial charge in [-0.1, -0.05) is 11.3 Å². The summed E-state index contributed by atoms with van der Waals surface area (Å²) in [5, 5.41) is 2.60. The van der Waals surface area contributed by atoms with Crippen LogP contribution in [-0.4, -0.2) is 37.1 Å². The van der Waals surface area contributed by atoms with Gasteiger partial charge in [0.15, 0.2) is 15.0 Å². The lowest BCUT2D eigenvalue weighted by atomic mass is 10.2. The van der Waals surface area contributed by atoms with E-state index in [1.807, 2.05) is 6.92 Å². The standard InChI is InChI=1S/C19H20N2O5S3/c1-5-26-18(23)15-11(4)14-17(27-15)21-19(28-14)20-16(22)12-6-8-13(9-7-12)29(24,25)10(2)3/h6-10H,5H2,1-4H3,(H,20,21,22). The number of ether oxygens (including phenoxy) is 1. The molecule has 3 rings (SSSR count). The number of sulfone groups is 1. The van der Waals surface area contributed by atoms with Gasteiger partial charge in [0.1, 0.15) is 9.71 Å². The van der Waals surface area contributed by atoms with Crippen LogP contribution < -0.4 is 5.32 Å². The van der Waals surface area contributed by atoms with Crippen LogP contribution in [0.2, 0.25) is 0 Å². The van der Waals surface area contributed by atoms with Gasteiger partial charge in [-0.15, -0.1) is 11.3 Å². The number of nitrogens with zero attached hydrogens (tertiary/aromatic N) is 1. The van der Waals surface area contributed by atoms with Crippen molar-refractivity contribution in [3.63, 3.8) is 0 Å². The van der Waals surface area contributed by atoms with Crippen LogP contribution >= 0.6 is 22.7 Å². The predicted molar refractivity (Wildman–Crippen MR) is 115 cm³/mol. The van der Waals surface area contributed by atoms with Gasteiger partial charge in [-0.2, -0.15) is 0 Å². The van der Waals surface area contributed by atoms with E-state index in [0.29, 0.717) is 27.0 Å². The number of amides is 1. The number of aromatic nitrogens is 1. The summed E-state index contributed by atoms with van der Waals surface area (Å²) in [5.74, 6) is -0.759. The van der Waals surface area contributed by atoms with Crippen molar-refractivity contribution in [3.05, 3.63) is 40.3 Å². The number of esters is 1. The van der Waals surface area contributed by atoms with Crippen molar-refractivity contribution < 1.29 is 22.7 Å². The van der Waals surface area contributed by atoms with E-state index in [1.54, 1.807) is 20.8 Å². The maximum Gasteiger partial charge on any atom is 0.348 e. The summed E-state index contributed by atoms with van der Waals surface area (Å²) >= 11 is 2.51. The molecule has 154 valence electrons. The second-order valence-electron chi connectivity index (χ2n) is 6.50. The van der Waals surface area contributed by atoms with Gasteiger partial charge < -0.3 is 4.74 Å². The number of thiophene rings is 1. The summed E-state index contributed by atoms with van der Waals surface area (Å²) in [6, 6.07) is 5.82. The first-order valence-electron chi connectivity index (χ1n) is 8.87. The van der Waals surface area contributed by atoms with Crippen molar-refractivity contribution in [2.75, 3.05) is 11.9 Å². The van der Waals surface area contributed by atoms with Gasteiger partial charge >= 0.3 is 5.97 Å². The van der Waals surface area contributed by atoms with Crippen molar-refractivity contribution in [1.29, 1.82) is 0 Å². The van der Waals surface area contributed by atoms with Gasteiger partial charge in [0.05, 0.1) is 21.5 Å². The summed E-state index contributed by atoms with van der Waals surface area (Å²) in [6.07, 6.45) is 0. The van der Waals surface area contributed by atoms with Gasteiger partial charge in [-0.3, -0.25) is 10.1 Å². The summed E-state index contributed by atoms with van der Waals surface area (Å²) in [5.41, 5.74) is 1.11. The van der Waals surface area contributed by atoms with Crippen LogP contribution in [0.1, 0.15) is 46.4 Å². The molecule has 0 bridgehead atoms. The van der Waals surface area contributed by atoms with E-state index in [9.17, 15) is 18.0 Å². The maximum atomic E-state index is 12.5. The SMILES string of the molecule is CCOC(=O)c1sc2nc(NC(=O)c3ccc(S(=O)(=O)C(C)C)cc3)sc2c1C. The number of hydrogen-bond donors (Lipinski definition) is 1. The van der Waals surface area contributed by atoms with Gasteiger partial charge in [0.25, 0.3) is 5.91 Å². The number of thiazole rings is 1. The maximum absolute atomic E-state index is 12.5. The summed E-state index contributed by atoms with van der Waals surface area (Å²) in [6.45, 7) is 7.09. The molecule has 0 aliphatic rings. The molecule has 29 heavy (non-hydrogen) atoms. The molecule has 0 unspecified atom stereocenters. The summed E-state index contributed by atoms with van der Waals surface area (Å²) < 4.78 is 30.2. The average molecular weight is 453 g/mol. The van der Waals surface area contributed by atoms with Gasteiger partial charge in [-0.25, -0.2) is 18.2 Å². The third kappa shape index (κ3) is 4.19. The monoisotopic (exact) mass is 452 g/mol. The number of anilines is 1. The summed E-state index contributed by atoms with van der Waals surface area (Å²) in [4.78, 5) is 30.2. The first-order chi connectivity index (χ1) is 13.6. The lowest BCUT2D eigenvalue weighted by molar-refractivity contribution is 0.0531. The lowest BCUT2D eigenvalue weighted by Crippen LogP contribution is -2.15. The highest BCUT2D eigenvalue weighted by Gasteiger charge is 2.22. The Bertz CT molecular complexity index is 1170. The molecule has 0 fully saturated rings. The Kier molecular flexibility index (Phi) is 6.06. The molecule has 2 aromatic heterocycles. The normalized spacial score (nSPS) is 11.8. The molecule has 0 radical (unpaired) electrons. The van der Waals surface area contributed by atoms with Gasteiger partial charge in [0, 0.05) is 5.56 Å². The third-order valence-electron chi connectivity index (χ3n) is 4.22. The van der Waals surface area contributed by atoms with Crippen LogP contribution in [0.5, 0.6) is 0 Å². The van der Waals surface area contributed by atoms with Crippen LogP contribution in [0.3, 0.4) is 0 Å². The molecule has 0 aliphatic carbocycles. The molecule has 0 saturated heterocycles. The number of carbonyl (C=O) groups excluding carboxylic acids is 2. The van der Waals surface area contributed by atoms with Crippen LogP contribution in [0.25, 0.3) is 9.53 Å². The molecular formula is C19H20N2O5S3. The van der Waals surface area contributed by atoms with Gasteiger partial charge in [0.2, 0.25) is 0 Å². The molecule has 10 heteroatoms. The third-order valence-corrected chi connectivity index (χ3v) is 8.78. The Labute approximate surface area is 176 Å². The second kappa shape index (κ2) is 8.21. The first-order valence-corrected chi connectivity index (χ1v) is 12.1. The van der Waals surface area contributed by atoms with Crippen LogP contribution in [0.15, 0.2) is 29.2 Å².